The molecule has 0 heterocycles. The van der Waals surface area contributed by atoms with Crippen molar-refractivity contribution in [2.45, 2.75) is 58.3 Å². The average molecular weight is 351 g/mol. The molecule has 1 aliphatic carbocycles. The Morgan fingerprint density at radius 1 is 0.962 bits per heavy atom. The van der Waals surface area contributed by atoms with Crippen LogP contribution in [0.4, 0.5) is 5.69 Å². The van der Waals surface area contributed by atoms with Crippen LogP contribution < -0.4 is 10.1 Å². The van der Waals surface area contributed by atoms with Gasteiger partial charge in [0.1, 0.15) is 5.75 Å². The molecule has 138 valence electrons. The highest BCUT2D eigenvalue weighted by Crippen LogP contribution is 2.29. The SMILES string of the molecule is COc1cc2c(cc1C(=O)Nc1ccc(C(C)(C)C)cc1)CCCCC2. The number of hydrogen-bond donors (Lipinski definition) is 1. The third-order valence-electron chi connectivity index (χ3n) is 5.17. The number of anilines is 1. The van der Waals surface area contributed by atoms with Gasteiger partial charge in [0.05, 0.1) is 12.7 Å². The molecule has 0 atom stereocenters. The van der Waals surface area contributed by atoms with Gasteiger partial charge in [0, 0.05) is 5.69 Å². The molecule has 0 aromatic heterocycles. The van der Waals surface area contributed by atoms with Crippen LogP contribution in [-0.2, 0) is 18.3 Å². The van der Waals surface area contributed by atoms with Crippen molar-refractivity contribution in [2.24, 2.45) is 0 Å². The number of carbonyl (C=O) groups is 1. The Bertz CT molecular complexity index is 785. The molecular weight excluding hydrogens is 322 g/mol. The van der Waals surface area contributed by atoms with Crippen molar-refractivity contribution in [2.75, 3.05) is 12.4 Å². The van der Waals surface area contributed by atoms with Gasteiger partial charge in [-0.25, -0.2) is 0 Å². The van der Waals surface area contributed by atoms with Crippen molar-refractivity contribution in [1.29, 1.82) is 0 Å². The van der Waals surface area contributed by atoms with E-state index in [1.54, 1.807) is 7.11 Å². The maximum atomic E-state index is 12.9. The van der Waals surface area contributed by atoms with E-state index < -0.39 is 0 Å². The van der Waals surface area contributed by atoms with Gasteiger partial charge >= 0.3 is 0 Å². The van der Waals surface area contributed by atoms with E-state index >= 15 is 0 Å². The summed E-state index contributed by atoms with van der Waals surface area (Å²) in [6.07, 6.45) is 5.76. The first-order chi connectivity index (χ1) is 12.4. The normalized spacial score (nSPS) is 14.3. The van der Waals surface area contributed by atoms with Crippen LogP contribution in [0.2, 0.25) is 0 Å². The summed E-state index contributed by atoms with van der Waals surface area (Å²) in [6.45, 7) is 6.55. The molecule has 0 radical (unpaired) electrons. The van der Waals surface area contributed by atoms with Crippen molar-refractivity contribution in [3.8, 4) is 5.75 Å². The summed E-state index contributed by atoms with van der Waals surface area (Å²) in [6, 6.07) is 12.2. The highest BCUT2D eigenvalue weighted by molar-refractivity contribution is 6.06. The zero-order chi connectivity index (χ0) is 18.7. The number of ether oxygens (including phenoxy) is 1. The van der Waals surface area contributed by atoms with E-state index in [-0.39, 0.29) is 11.3 Å². The number of aryl methyl sites for hydroxylation is 2. The van der Waals surface area contributed by atoms with E-state index in [1.165, 1.54) is 36.0 Å². The molecule has 0 aliphatic heterocycles. The fourth-order valence-electron chi connectivity index (χ4n) is 3.54. The molecule has 0 bridgehead atoms. The quantitative estimate of drug-likeness (QED) is 0.740. The van der Waals surface area contributed by atoms with Gasteiger partial charge in [-0.15, -0.1) is 0 Å². The molecule has 2 aromatic carbocycles. The first kappa shape index (κ1) is 18.5. The second-order valence-corrected chi connectivity index (χ2v) is 8.16. The van der Waals surface area contributed by atoms with Crippen molar-refractivity contribution in [3.05, 3.63) is 58.7 Å². The van der Waals surface area contributed by atoms with Crippen LogP contribution in [0.5, 0.6) is 5.75 Å². The summed E-state index contributed by atoms with van der Waals surface area (Å²) in [5, 5.41) is 3.02. The molecule has 0 saturated carbocycles. The summed E-state index contributed by atoms with van der Waals surface area (Å²) in [4.78, 5) is 12.9. The second kappa shape index (κ2) is 7.53. The Morgan fingerprint density at radius 3 is 2.15 bits per heavy atom. The summed E-state index contributed by atoms with van der Waals surface area (Å²) < 4.78 is 5.51. The minimum Gasteiger partial charge on any atom is -0.496 e. The van der Waals surface area contributed by atoms with Crippen molar-refractivity contribution >= 4 is 11.6 Å². The molecule has 3 heteroatoms. The average Bonchev–Trinajstić information content (AvgIpc) is 2.84. The molecule has 26 heavy (non-hydrogen) atoms. The lowest BCUT2D eigenvalue weighted by Gasteiger charge is -2.19. The highest BCUT2D eigenvalue weighted by atomic mass is 16.5. The summed E-state index contributed by atoms with van der Waals surface area (Å²) in [7, 11) is 1.63. The van der Waals surface area contributed by atoms with E-state index in [4.69, 9.17) is 4.74 Å². The van der Waals surface area contributed by atoms with Gasteiger partial charge in [0.15, 0.2) is 0 Å². The lowest BCUT2D eigenvalue weighted by atomic mass is 9.87. The number of rotatable bonds is 3. The van der Waals surface area contributed by atoms with Crippen molar-refractivity contribution in [3.63, 3.8) is 0 Å². The maximum absolute atomic E-state index is 12.9. The fourth-order valence-corrected chi connectivity index (χ4v) is 3.54. The number of amides is 1. The van der Waals surface area contributed by atoms with Crippen LogP contribution in [0.3, 0.4) is 0 Å². The fraction of sp³-hybridized carbons (Fsp3) is 0.435. The maximum Gasteiger partial charge on any atom is 0.259 e. The number of hydrogen-bond acceptors (Lipinski definition) is 2. The zero-order valence-electron chi connectivity index (χ0n) is 16.3. The van der Waals surface area contributed by atoms with Crippen LogP contribution in [0.25, 0.3) is 0 Å². The predicted octanol–water partition coefficient (Wildman–Crippen LogP) is 5.51. The molecule has 0 fully saturated rings. The minimum atomic E-state index is -0.114. The molecule has 1 aliphatic rings. The lowest BCUT2D eigenvalue weighted by molar-refractivity contribution is 0.102. The van der Waals surface area contributed by atoms with Crippen LogP contribution >= 0.6 is 0 Å². The monoisotopic (exact) mass is 351 g/mol. The number of carbonyl (C=O) groups excluding carboxylic acids is 1. The summed E-state index contributed by atoms with van der Waals surface area (Å²) in [5.74, 6) is 0.548. The van der Waals surface area contributed by atoms with E-state index in [1.807, 2.05) is 18.2 Å². The van der Waals surface area contributed by atoms with E-state index in [2.05, 4.69) is 44.3 Å². The van der Waals surface area contributed by atoms with Gasteiger partial charge in [0.2, 0.25) is 0 Å². The van der Waals surface area contributed by atoms with Gasteiger partial charge in [-0.3, -0.25) is 4.79 Å². The first-order valence-electron chi connectivity index (χ1n) is 9.50. The third-order valence-corrected chi connectivity index (χ3v) is 5.17. The van der Waals surface area contributed by atoms with Crippen LogP contribution in [0.1, 0.15) is 67.1 Å². The van der Waals surface area contributed by atoms with Gasteiger partial charge in [0.25, 0.3) is 5.91 Å². The molecular formula is C23H29NO2. The number of nitrogens with one attached hydrogen (secondary N) is 1. The Hall–Kier alpha value is -2.29. The van der Waals surface area contributed by atoms with Gasteiger partial charge in [-0.1, -0.05) is 39.3 Å². The first-order valence-corrected chi connectivity index (χ1v) is 9.50. The lowest BCUT2D eigenvalue weighted by Crippen LogP contribution is -2.15. The van der Waals surface area contributed by atoms with Crippen molar-refractivity contribution < 1.29 is 9.53 Å². The number of fused-ring (bicyclic) bond motifs is 1. The topological polar surface area (TPSA) is 38.3 Å². The molecule has 2 aromatic rings. The van der Waals surface area contributed by atoms with E-state index in [9.17, 15) is 4.79 Å². The van der Waals surface area contributed by atoms with Crippen LogP contribution in [0, 0.1) is 0 Å². The van der Waals surface area contributed by atoms with Crippen molar-refractivity contribution in [1.82, 2.24) is 0 Å². The molecule has 0 saturated heterocycles. The van der Waals surface area contributed by atoms with Crippen LogP contribution in [0.15, 0.2) is 36.4 Å². The summed E-state index contributed by atoms with van der Waals surface area (Å²) in [5.41, 5.74) is 5.39. The van der Waals surface area contributed by atoms with Gasteiger partial charge < -0.3 is 10.1 Å². The minimum absolute atomic E-state index is 0.1000. The smallest absolute Gasteiger partial charge is 0.259 e. The Labute approximate surface area is 156 Å². The third kappa shape index (κ3) is 4.09. The predicted molar refractivity (Wildman–Crippen MR) is 107 cm³/mol. The zero-order valence-corrected chi connectivity index (χ0v) is 16.3. The molecule has 0 unspecified atom stereocenters. The van der Waals surface area contributed by atoms with E-state index in [0.29, 0.717) is 11.3 Å². The largest absolute Gasteiger partial charge is 0.496 e. The Kier molecular flexibility index (Phi) is 5.36. The highest BCUT2D eigenvalue weighted by Gasteiger charge is 2.18. The van der Waals surface area contributed by atoms with Gasteiger partial charge in [-0.05, 0) is 72.1 Å². The number of methoxy groups -OCH3 is 1. The molecule has 0 spiro atoms. The number of benzene rings is 2. The second-order valence-electron chi connectivity index (χ2n) is 8.16. The standard InChI is InChI=1S/C23H29NO2/c1-23(2,3)18-10-12-19(13-11-18)24-22(25)20-14-16-8-6-5-7-9-17(16)15-21(20)26-4/h10-15H,5-9H2,1-4H3,(H,24,25). The van der Waals surface area contributed by atoms with E-state index in [0.717, 1.165) is 18.5 Å². The molecule has 1 N–H and O–H groups in total. The molecule has 3 nitrogen and oxygen atoms in total. The molecule has 3 rings (SSSR count). The molecule has 1 amide bonds. The van der Waals surface area contributed by atoms with Crippen LogP contribution in [-0.4, -0.2) is 13.0 Å². The Morgan fingerprint density at radius 2 is 1.58 bits per heavy atom. The van der Waals surface area contributed by atoms with Gasteiger partial charge in [-0.2, -0.15) is 0 Å². The summed E-state index contributed by atoms with van der Waals surface area (Å²) >= 11 is 0. The Balaban J connectivity index is 1.84.